The SMILES string of the molecule is Cc1ccc(-c2c(-c3ccncc3)cnn2CCNC(=O)[C@@H]2C[C@@H]2C)cn1. The molecule has 138 valence electrons. The van der Waals surface area contributed by atoms with E-state index in [-0.39, 0.29) is 11.8 Å². The summed E-state index contributed by atoms with van der Waals surface area (Å²) in [6, 6.07) is 8.01. The first-order chi connectivity index (χ1) is 13.1. The monoisotopic (exact) mass is 361 g/mol. The van der Waals surface area contributed by atoms with Crippen molar-refractivity contribution in [1.82, 2.24) is 25.1 Å². The number of carbonyl (C=O) groups is 1. The molecule has 1 fully saturated rings. The number of hydrogen-bond acceptors (Lipinski definition) is 4. The first-order valence-corrected chi connectivity index (χ1v) is 9.30. The third kappa shape index (κ3) is 3.74. The van der Waals surface area contributed by atoms with Gasteiger partial charge in [-0.3, -0.25) is 19.4 Å². The van der Waals surface area contributed by atoms with Crippen molar-refractivity contribution in [3.8, 4) is 22.4 Å². The molecule has 3 heterocycles. The van der Waals surface area contributed by atoms with Crippen molar-refractivity contribution in [2.75, 3.05) is 6.54 Å². The van der Waals surface area contributed by atoms with Crippen molar-refractivity contribution in [1.29, 1.82) is 0 Å². The van der Waals surface area contributed by atoms with Gasteiger partial charge in [0.1, 0.15) is 0 Å². The number of nitrogens with zero attached hydrogens (tertiary/aromatic N) is 4. The zero-order valence-electron chi connectivity index (χ0n) is 15.6. The Balaban J connectivity index is 1.60. The zero-order valence-corrected chi connectivity index (χ0v) is 15.6. The maximum Gasteiger partial charge on any atom is 0.223 e. The standard InChI is InChI=1S/C21H23N5O/c1-14-11-18(14)21(27)23-9-10-26-20(17-4-3-15(2)24-12-17)19(13-25-26)16-5-7-22-8-6-16/h3-8,12-14,18H,9-11H2,1-2H3,(H,23,27)/t14-,18+/m0/s1. The Morgan fingerprint density at radius 2 is 1.96 bits per heavy atom. The van der Waals surface area contributed by atoms with Gasteiger partial charge in [0.05, 0.1) is 18.4 Å². The number of rotatable bonds is 6. The molecule has 0 bridgehead atoms. The lowest BCUT2D eigenvalue weighted by atomic mass is 10.0. The normalized spacial score (nSPS) is 18.3. The van der Waals surface area contributed by atoms with Crippen LogP contribution in [0.4, 0.5) is 0 Å². The molecule has 1 amide bonds. The molecule has 0 spiro atoms. The van der Waals surface area contributed by atoms with Crippen LogP contribution in [0.5, 0.6) is 0 Å². The summed E-state index contributed by atoms with van der Waals surface area (Å²) in [6.07, 6.45) is 8.30. The van der Waals surface area contributed by atoms with Crippen LogP contribution in [0.25, 0.3) is 22.4 Å². The lowest BCUT2D eigenvalue weighted by molar-refractivity contribution is -0.122. The fraction of sp³-hybridized carbons (Fsp3) is 0.333. The minimum absolute atomic E-state index is 0.155. The molecule has 1 aliphatic rings. The molecule has 1 N–H and O–H groups in total. The van der Waals surface area contributed by atoms with Crippen LogP contribution >= 0.6 is 0 Å². The highest BCUT2D eigenvalue weighted by atomic mass is 16.2. The van der Waals surface area contributed by atoms with Gasteiger partial charge in [0.2, 0.25) is 5.91 Å². The molecule has 27 heavy (non-hydrogen) atoms. The van der Waals surface area contributed by atoms with Gasteiger partial charge in [0, 0.05) is 47.9 Å². The van der Waals surface area contributed by atoms with Gasteiger partial charge in [0.15, 0.2) is 0 Å². The van der Waals surface area contributed by atoms with E-state index < -0.39 is 0 Å². The van der Waals surface area contributed by atoms with Gasteiger partial charge in [-0.1, -0.05) is 6.92 Å². The van der Waals surface area contributed by atoms with Crippen LogP contribution in [0, 0.1) is 18.8 Å². The molecular weight excluding hydrogens is 338 g/mol. The highest BCUT2D eigenvalue weighted by Gasteiger charge is 2.38. The highest BCUT2D eigenvalue weighted by molar-refractivity contribution is 5.81. The summed E-state index contributed by atoms with van der Waals surface area (Å²) in [5.74, 6) is 0.862. The van der Waals surface area contributed by atoms with E-state index in [2.05, 4.69) is 33.4 Å². The molecule has 3 aromatic rings. The van der Waals surface area contributed by atoms with Gasteiger partial charge in [-0.25, -0.2) is 0 Å². The average Bonchev–Trinajstić information content (AvgIpc) is 3.27. The summed E-state index contributed by atoms with van der Waals surface area (Å²) in [5.41, 5.74) is 5.07. The maximum atomic E-state index is 12.1. The Morgan fingerprint density at radius 1 is 1.19 bits per heavy atom. The summed E-state index contributed by atoms with van der Waals surface area (Å²) < 4.78 is 1.94. The lowest BCUT2D eigenvalue weighted by Crippen LogP contribution is -2.29. The fourth-order valence-corrected chi connectivity index (χ4v) is 3.31. The second kappa shape index (κ2) is 7.31. The van der Waals surface area contributed by atoms with E-state index in [0.29, 0.717) is 19.0 Å². The Bertz CT molecular complexity index is 933. The van der Waals surface area contributed by atoms with Crippen LogP contribution in [0.15, 0.2) is 49.1 Å². The molecule has 2 atom stereocenters. The van der Waals surface area contributed by atoms with Crippen molar-refractivity contribution in [3.05, 3.63) is 54.7 Å². The molecule has 0 aliphatic heterocycles. The quantitative estimate of drug-likeness (QED) is 0.732. The minimum atomic E-state index is 0.155. The first kappa shape index (κ1) is 17.4. The summed E-state index contributed by atoms with van der Waals surface area (Å²) >= 11 is 0. The van der Waals surface area contributed by atoms with E-state index in [4.69, 9.17) is 0 Å². The minimum Gasteiger partial charge on any atom is -0.354 e. The molecule has 0 aromatic carbocycles. The van der Waals surface area contributed by atoms with Crippen molar-refractivity contribution in [2.45, 2.75) is 26.8 Å². The lowest BCUT2D eigenvalue weighted by Gasteiger charge is -2.11. The average molecular weight is 361 g/mol. The molecular formula is C21H23N5O. The Labute approximate surface area is 158 Å². The smallest absolute Gasteiger partial charge is 0.223 e. The van der Waals surface area contributed by atoms with E-state index in [0.717, 1.165) is 34.5 Å². The van der Waals surface area contributed by atoms with Crippen LogP contribution in [-0.4, -0.2) is 32.2 Å². The predicted molar refractivity (Wildman–Crippen MR) is 104 cm³/mol. The largest absolute Gasteiger partial charge is 0.354 e. The van der Waals surface area contributed by atoms with E-state index in [1.54, 1.807) is 12.4 Å². The number of hydrogen-bond donors (Lipinski definition) is 1. The van der Waals surface area contributed by atoms with Crippen molar-refractivity contribution in [3.63, 3.8) is 0 Å². The third-order valence-electron chi connectivity index (χ3n) is 5.08. The highest BCUT2D eigenvalue weighted by Crippen LogP contribution is 2.37. The van der Waals surface area contributed by atoms with Crippen molar-refractivity contribution in [2.24, 2.45) is 11.8 Å². The van der Waals surface area contributed by atoms with Gasteiger partial charge < -0.3 is 5.32 Å². The van der Waals surface area contributed by atoms with Crippen LogP contribution in [0.2, 0.25) is 0 Å². The maximum absolute atomic E-state index is 12.1. The third-order valence-corrected chi connectivity index (χ3v) is 5.08. The van der Waals surface area contributed by atoms with E-state index in [1.165, 1.54) is 0 Å². The van der Waals surface area contributed by atoms with Crippen molar-refractivity contribution < 1.29 is 4.79 Å². The number of carbonyl (C=O) groups excluding carboxylic acids is 1. The molecule has 3 aromatic heterocycles. The Morgan fingerprint density at radius 3 is 2.63 bits per heavy atom. The Kier molecular flexibility index (Phi) is 4.71. The number of amides is 1. The number of aryl methyl sites for hydroxylation is 1. The number of pyridine rings is 2. The number of nitrogens with one attached hydrogen (secondary N) is 1. The Hall–Kier alpha value is -3.02. The van der Waals surface area contributed by atoms with Crippen molar-refractivity contribution >= 4 is 5.91 Å². The van der Waals surface area contributed by atoms with Gasteiger partial charge in [-0.15, -0.1) is 0 Å². The molecule has 0 saturated heterocycles. The topological polar surface area (TPSA) is 72.7 Å². The molecule has 0 radical (unpaired) electrons. The van der Waals surface area contributed by atoms with E-state index >= 15 is 0 Å². The molecule has 1 aliphatic carbocycles. The predicted octanol–water partition coefficient (Wildman–Crippen LogP) is 3.09. The second-order valence-electron chi connectivity index (χ2n) is 7.16. The summed E-state index contributed by atoms with van der Waals surface area (Å²) in [4.78, 5) is 20.6. The van der Waals surface area contributed by atoms with Crippen LogP contribution in [0.3, 0.4) is 0 Å². The van der Waals surface area contributed by atoms with Crippen LogP contribution in [0.1, 0.15) is 19.0 Å². The molecule has 1 saturated carbocycles. The van der Waals surface area contributed by atoms with E-state index in [1.807, 2.05) is 42.2 Å². The second-order valence-corrected chi connectivity index (χ2v) is 7.16. The van der Waals surface area contributed by atoms with Gasteiger partial charge >= 0.3 is 0 Å². The summed E-state index contributed by atoms with van der Waals surface area (Å²) in [5, 5.41) is 7.62. The molecule has 6 heteroatoms. The summed E-state index contributed by atoms with van der Waals surface area (Å²) in [6.45, 7) is 5.26. The molecule has 6 nitrogen and oxygen atoms in total. The summed E-state index contributed by atoms with van der Waals surface area (Å²) in [7, 11) is 0. The fourth-order valence-electron chi connectivity index (χ4n) is 3.31. The number of aromatic nitrogens is 4. The first-order valence-electron chi connectivity index (χ1n) is 9.30. The van der Waals surface area contributed by atoms with Gasteiger partial charge in [0.25, 0.3) is 0 Å². The van der Waals surface area contributed by atoms with Crippen LogP contribution < -0.4 is 5.32 Å². The molecule has 0 unspecified atom stereocenters. The van der Waals surface area contributed by atoms with Gasteiger partial charge in [-0.2, -0.15) is 5.10 Å². The molecule has 4 rings (SSSR count). The van der Waals surface area contributed by atoms with E-state index in [9.17, 15) is 4.79 Å². The van der Waals surface area contributed by atoms with Gasteiger partial charge in [-0.05, 0) is 49.1 Å². The van der Waals surface area contributed by atoms with Crippen LogP contribution in [-0.2, 0) is 11.3 Å². The zero-order chi connectivity index (χ0) is 18.8.